The van der Waals surface area contributed by atoms with Crippen LogP contribution in [0.25, 0.3) is 0 Å². The molecule has 5 heteroatoms. The minimum atomic E-state index is 0.479. The molecular formula is C45H72N4O. The first-order chi connectivity index (χ1) is 23.7. The molecule has 2 aromatic carbocycles. The van der Waals surface area contributed by atoms with Crippen molar-refractivity contribution in [3.8, 4) is 0 Å². The number of hydrogen-bond donors (Lipinski definition) is 4. The Balaban J connectivity index is 0.000000274. The van der Waals surface area contributed by atoms with E-state index < -0.39 is 0 Å². The van der Waals surface area contributed by atoms with Gasteiger partial charge in [-0.05, 0) is 185 Å². The van der Waals surface area contributed by atoms with Crippen LogP contribution in [-0.4, -0.2) is 6.29 Å². The van der Waals surface area contributed by atoms with Crippen molar-refractivity contribution in [2.24, 2.45) is 52.3 Å². The van der Waals surface area contributed by atoms with Crippen LogP contribution in [0.1, 0.15) is 124 Å². The standard InChI is InChI=1S/C29H46O.2C7H10N2.C2H6/c1-20(2)7-6-8-21(3)25-11-12-26-24-10-9-23-19-22(15-18-30)13-16-28(23,4)27(24)14-17-29(25,26)5;2*1-5-2-6(8)4-7(9)3-5;1-2/h7,9-10,18,21-27H,6,8,11-17,19H2,1-5H3;2*2-4H,8-9H2,1H3;1-2H3. The Morgan fingerprint density at radius 1 is 0.780 bits per heavy atom. The minimum absolute atomic E-state index is 0.479. The SMILES string of the molecule is CC.CC(C)=CCCC(C)C1CCC2C3C=CC4CC(CC=O)CCC4(C)C3CCC12C.Cc1cc(N)cc(N)c1.Cc1cc(N)cc(N)c1. The van der Waals surface area contributed by atoms with E-state index in [9.17, 15) is 4.79 Å². The van der Waals surface area contributed by atoms with E-state index in [1.165, 1.54) is 63.4 Å². The van der Waals surface area contributed by atoms with Gasteiger partial charge in [0.1, 0.15) is 6.29 Å². The molecule has 50 heavy (non-hydrogen) atoms. The Morgan fingerprint density at radius 3 is 1.80 bits per heavy atom. The molecule has 0 amide bonds. The monoisotopic (exact) mass is 685 g/mol. The fraction of sp³-hybridized carbons (Fsp3) is 0.622. The largest absolute Gasteiger partial charge is 0.399 e. The lowest BCUT2D eigenvalue weighted by atomic mass is 9.45. The highest BCUT2D eigenvalue weighted by atomic mass is 16.1. The van der Waals surface area contributed by atoms with Gasteiger partial charge in [-0.1, -0.05) is 58.4 Å². The number of fused-ring (bicyclic) bond motifs is 5. The zero-order valence-corrected chi connectivity index (χ0v) is 33.1. The number of allylic oxidation sites excluding steroid dienone is 4. The summed E-state index contributed by atoms with van der Waals surface area (Å²) in [5.41, 5.74) is 29.5. The lowest BCUT2D eigenvalue weighted by molar-refractivity contribution is -0.110. The number of aryl methyl sites for hydroxylation is 2. The molecule has 2 aromatic rings. The van der Waals surface area contributed by atoms with Crippen LogP contribution < -0.4 is 22.9 Å². The van der Waals surface area contributed by atoms with Crippen molar-refractivity contribution in [3.05, 3.63) is 71.3 Å². The number of carbonyl (C=O) groups is 1. The Morgan fingerprint density at radius 2 is 1.30 bits per heavy atom. The predicted octanol–water partition coefficient (Wildman–Crippen LogP) is 11.4. The smallest absolute Gasteiger partial charge is 0.120 e. The third-order valence-corrected chi connectivity index (χ3v) is 12.9. The maximum absolute atomic E-state index is 11.1. The Hall–Kier alpha value is -3.21. The molecule has 0 spiro atoms. The molecule has 8 N–H and O–H groups in total. The number of anilines is 4. The molecule has 4 aliphatic carbocycles. The Bertz CT molecular complexity index is 1290. The summed E-state index contributed by atoms with van der Waals surface area (Å²) >= 11 is 0. The number of nitrogen functional groups attached to an aromatic ring is 4. The van der Waals surface area contributed by atoms with Crippen LogP contribution in [0, 0.1) is 66.1 Å². The van der Waals surface area contributed by atoms with Crippen LogP contribution in [0.15, 0.2) is 60.2 Å². The van der Waals surface area contributed by atoms with E-state index in [1.807, 2.05) is 52.0 Å². The number of benzene rings is 2. The van der Waals surface area contributed by atoms with Crippen LogP contribution in [0.3, 0.4) is 0 Å². The van der Waals surface area contributed by atoms with Gasteiger partial charge in [0, 0.05) is 29.2 Å². The van der Waals surface area contributed by atoms with Gasteiger partial charge in [-0.15, -0.1) is 0 Å². The molecule has 5 nitrogen and oxygen atoms in total. The molecule has 0 aliphatic heterocycles. The molecule has 6 rings (SSSR count). The fourth-order valence-electron chi connectivity index (χ4n) is 10.5. The molecule has 3 saturated carbocycles. The quantitative estimate of drug-likeness (QED) is 0.137. The second kappa shape index (κ2) is 18.3. The highest BCUT2D eigenvalue weighted by Gasteiger charge is 2.59. The lowest BCUT2D eigenvalue weighted by Gasteiger charge is -2.59. The molecule has 3 fully saturated rings. The molecule has 9 atom stereocenters. The molecule has 0 bridgehead atoms. The summed E-state index contributed by atoms with van der Waals surface area (Å²) in [5.74, 6) is 5.69. The van der Waals surface area contributed by atoms with E-state index in [2.05, 4.69) is 52.8 Å². The second-order valence-electron chi connectivity index (χ2n) is 16.7. The average Bonchev–Trinajstić information content (AvgIpc) is 3.39. The molecule has 0 saturated heterocycles. The first-order valence-corrected chi connectivity index (χ1v) is 19.7. The van der Waals surface area contributed by atoms with Gasteiger partial charge in [0.15, 0.2) is 0 Å². The highest BCUT2D eigenvalue weighted by molar-refractivity contribution is 5.54. The summed E-state index contributed by atoms with van der Waals surface area (Å²) in [5, 5.41) is 0. The van der Waals surface area contributed by atoms with Crippen molar-refractivity contribution in [2.75, 3.05) is 22.9 Å². The fourth-order valence-corrected chi connectivity index (χ4v) is 10.5. The maximum Gasteiger partial charge on any atom is 0.120 e. The van der Waals surface area contributed by atoms with E-state index in [1.54, 1.807) is 12.1 Å². The third-order valence-electron chi connectivity index (χ3n) is 12.9. The van der Waals surface area contributed by atoms with Gasteiger partial charge in [-0.3, -0.25) is 0 Å². The highest BCUT2D eigenvalue weighted by Crippen LogP contribution is 2.67. The number of rotatable bonds is 6. The van der Waals surface area contributed by atoms with E-state index in [0.717, 1.165) is 76.2 Å². The third kappa shape index (κ3) is 10.2. The molecule has 0 radical (unpaired) electrons. The minimum Gasteiger partial charge on any atom is -0.399 e. The number of aldehydes is 1. The van der Waals surface area contributed by atoms with E-state index in [0.29, 0.717) is 22.7 Å². The second-order valence-corrected chi connectivity index (χ2v) is 16.7. The Labute approximate surface area is 306 Å². The number of carbonyl (C=O) groups excluding carboxylic acids is 1. The van der Waals surface area contributed by atoms with Crippen molar-refractivity contribution in [1.29, 1.82) is 0 Å². The number of hydrogen-bond acceptors (Lipinski definition) is 5. The summed E-state index contributed by atoms with van der Waals surface area (Å²) in [6.45, 7) is 20.2. The average molecular weight is 685 g/mol. The molecule has 4 aliphatic rings. The van der Waals surface area contributed by atoms with Crippen molar-refractivity contribution >= 4 is 29.0 Å². The van der Waals surface area contributed by atoms with Crippen LogP contribution in [0.2, 0.25) is 0 Å². The molecule has 9 unspecified atom stereocenters. The van der Waals surface area contributed by atoms with Crippen molar-refractivity contribution in [2.45, 2.75) is 127 Å². The first kappa shape index (κ1) is 41.2. The molecular weight excluding hydrogens is 613 g/mol. The van der Waals surface area contributed by atoms with Crippen LogP contribution in [-0.2, 0) is 4.79 Å². The predicted molar refractivity (Wildman–Crippen MR) is 218 cm³/mol. The van der Waals surface area contributed by atoms with Gasteiger partial charge < -0.3 is 27.7 Å². The van der Waals surface area contributed by atoms with Gasteiger partial charge in [0.25, 0.3) is 0 Å². The van der Waals surface area contributed by atoms with E-state index in [4.69, 9.17) is 22.9 Å². The lowest BCUT2D eigenvalue weighted by Crippen LogP contribution is -2.52. The van der Waals surface area contributed by atoms with Crippen LogP contribution >= 0.6 is 0 Å². The summed E-state index contributed by atoms with van der Waals surface area (Å²) in [6.07, 6.45) is 22.0. The summed E-state index contributed by atoms with van der Waals surface area (Å²) in [7, 11) is 0. The summed E-state index contributed by atoms with van der Waals surface area (Å²) in [4.78, 5) is 11.1. The maximum atomic E-state index is 11.1. The van der Waals surface area contributed by atoms with Crippen molar-refractivity contribution in [3.63, 3.8) is 0 Å². The zero-order valence-electron chi connectivity index (χ0n) is 33.1. The van der Waals surface area contributed by atoms with Crippen molar-refractivity contribution < 1.29 is 4.79 Å². The molecule has 0 heterocycles. The van der Waals surface area contributed by atoms with Gasteiger partial charge in [0.2, 0.25) is 0 Å². The molecule has 0 aromatic heterocycles. The Kier molecular flexibility index (Phi) is 15.1. The first-order valence-electron chi connectivity index (χ1n) is 19.7. The van der Waals surface area contributed by atoms with Crippen LogP contribution in [0.5, 0.6) is 0 Å². The van der Waals surface area contributed by atoms with Crippen molar-refractivity contribution in [1.82, 2.24) is 0 Å². The van der Waals surface area contributed by atoms with Gasteiger partial charge in [-0.2, -0.15) is 0 Å². The number of nitrogens with two attached hydrogens (primary N) is 4. The van der Waals surface area contributed by atoms with Gasteiger partial charge >= 0.3 is 0 Å². The summed E-state index contributed by atoms with van der Waals surface area (Å²) < 4.78 is 0. The summed E-state index contributed by atoms with van der Waals surface area (Å²) in [6, 6.07) is 11.0. The van der Waals surface area contributed by atoms with E-state index >= 15 is 0 Å². The topological polar surface area (TPSA) is 121 Å². The molecule has 278 valence electrons. The normalized spacial score (nSPS) is 31.0. The van der Waals surface area contributed by atoms with Gasteiger partial charge in [-0.25, -0.2) is 0 Å². The van der Waals surface area contributed by atoms with Gasteiger partial charge in [0.05, 0.1) is 0 Å². The van der Waals surface area contributed by atoms with Crippen LogP contribution in [0.4, 0.5) is 22.7 Å². The zero-order chi connectivity index (χ0) is 37.2. The van der Waals surface area contributed by atoms with E-state index in [-0.39, 0.29) is 0 Å².